The highest BCUT2D eigenvalue weighted by molar-refractivity contribution is 9.10. The lowest BCUT2D eigenvalue weighted by molar-refractivity contribution is 0.569. The van der Waals surface area contributed by atoms with Crippen molar-refractivity contribution >= 4 is 26.0 Å². The lowest BCUT2D eigenvalue weighted by atomic mass is 10.1. The van der Waals surface area contributed by atoms with Crippen LogP contribution in [0.15, 0.2) is 18.2 Å². The Morgan fingerprint density at radius 3 is 2.62 bits per heavy atom. The van der Waals surface area contributed by atoms with Gasteiger partial charge in [-0.2, -0.15) is 0 Å². The van der Waals surface area contributed by atoms with Crippen molar-refractivity contribution in [3.63, 3.8) is 0 Å². The molecule has 1 aromatic rings. The van der Waals surface area contributed by atoms with Gasteiger partial charge in [-0.3, -0.25) is 0 Å². The molecule has 1 aromatic carbocycles. The topological polar surface area (TPSA) is 46.2 Å². The fraction of sp³-hybridized carbons (Fsp3) is 0.400. The largest absolute Gasteiger partial charge is 0.222 e. The van der Waals surface area contributed by atoms with Gasteiger partial charge in [-0.1, -0.05) is 28.1 Å². The van der Waals surface area contributed by atoms with Gasteiger partial charge in [-0.05, 0) is 31.0 Å². The highest BCUT2D eigenvalue weighted by atomic mass is 79.9. The first-order valence-corrected chi connectivity index (χ1v) is 7.45. The average molecular weight is 310 g/mol. The number of alkyl halides is 1. The van der Waals surface area contributed by atoms with Crippen molar-refractivity contribution in [3.05, 3.63) is 35.1 Å². The molecule has 1 atom stereocenters. The quantitative estimate of drug-likeness (QED) is 0.869. The minimum atomic E-state index is -3.35. The van der Waals surface area contributed by atoms with Crippen LogP contribution in [0.2, 0.25) is 0 Å². The van der Waals surface area contributed by atoms with E-state index in [1.165, 1.54) is 6.07 Å². The zero-order valence-electron chi connectivity index (χ0n) is 9.00. The molecule has 6 heteroatoms. The molecule has 1 N–H and O–H groups in total. The van der Waals surface area contributed by atoms with Gasteiger partial charge in [-0.25, -0.2) is 17.5 Å². The first-order valence-electron chi connectivity index (χ1n) is 4.68. The molecule has 1 unspecified atom stereocenters. The number of aryl methyl sites for hydroxylation is 1. The third-order valence-electron chi connectivity index (χ3n) is 2.20. The predicted molar refractivity (Wildman–Crippen MR) is 65.4 cm³/mol. The summed E-state index contributed by atoms with van der Waals surface area (Å²) in [5, 5.41) is 0. The predicted octanol–water partition coefficient (Wildman–Crippen LogP) is 2.47. The van der Waals surface area contributed by atoms with Crippen LogP contribution in [0.5, 0.6) is 0 Å². The summed E-state index contributed by atoms with van der Waals surface area (Å²) in [6.07, 6.45) is 0. The van der Waals surface area contributed by atoms with Crippen LogP contribution in [0.1, 0.15) is 24.1 Å². The molecule has 90 valence electrons. The van der Waals surface area contributed by atoms with Gasteiger partial charge in [0, 0.05) is 6.04 Å². The van der Waals surface area contributed by atoms with Crippen molar-refractivity contribution in [1.29, 1.82) is 0 Å². The van der Waals surface area contributed by atoms with Crippen molar-refractivity contribution in [1.82, 2.24) is 4.72 Å². The Balaban J connectivity index is 2.89. The Kier molecular flexibility index (Phi) is 4.46. The molecule has 3 nitrogen and oxygen atoms in total. The molecule has 0 aliphatic heterocycles. The Hall–Kier alpha value is -0.460. The molecule has 0 aliphatic carbocycles. The lowest BCUT2D eigenvalue weighted by Gasteiger charge is -2.13. The van der Waals surface area contributed by atoms with Crippen LogP contribution in [0.3, 0.4) is 0 Å². The number of rotatable bonds is 4. The smallest absolute Gasteiger partial charge is 0.212 e. The van der Waals surface area contributed by atoms with Crippen LogP contribution >= 0.6 is 15.9 Å². The number of hydrogen-bond donors (Lipinski definition) is 1. The maximum absolute atomic E-state index is 13.3. The van der Waals surface area contributed by atoms with Gasteiger partial charge in [-0.15, -0.1) is 0 Å². The third-order valence-corrected chi connectivity index (χ3v) is 5.00. The van der Waals surface area contributed by atoms with E-state index in [0.29, 0.717) is 11.1 Å². The molecule has 0 amide bonds. The highest BCUT2D eigenvalue weighted by Gasteiger charge is 2.14. The van der Waals surface area contributed by atoms with Crippen molar-refractivity contribution in [2.24, 2.45) is 0 Å². The summed E-state index contributed by atoms with van der Waals surface area (Å²) < 4.78 is 38.1. The van der Waals surface area contributed by atoms with E-state index in [0.717, 1.165) is 0 Å². The molecular weight excluding hydrogens is 297 g/mol. The van der Waals surface area contributed by atoms with Gasteiger partial charge in [0.25, 0.3) is 0 Å². The summed E-state index contributed by atoms with van der Waals surface area (Å²) >= 11 is 2.87. The van der Waals surface area contributed by atoms with E-state index in [1.807, 2.05) is 0 Å². The molecule has 0 spiro atoms. The molecule has 0 saturated heterocycles. The van der Waals surface area contributed by atoms with Gasteiger partial charge in [0.15, 0.2) is 0 Å². The van der Waals surface area contributed by atoms with Crippen molar-refractivity contribution < 1.29 is 12.8 Å². The van der Waals surface area contributed by atoms with Gasteiger partial charge >= 0.3 is 0 Å². The zero-order chi connectivity index (χ0) is 12.3. The molecule has 1 rings (SSSR count). The molecule has 0 radical (unpaired) electrons. The van der Waals surface area contributed by atoms with Gasteiger partial charge < -0.3 is 0 Å². The van der Waals surface area contributed by atoms with E-state index in [4.69, 9.17) is 0 Å². The second-order valence-corrected chi connectivity index (χ2v) is 6.63. The second kappa shape index (κ2) is 5.25. The van der Waals surface area contributed by atoms with Gasteiger partial charge in [0.1, 0.15) is 10.5 Å². The Morgan fingerprint density at radius 1 is 1.50 bits per heavy atom. The number of sulfonamides is 1. The molecule has 0 heterocycles. The number of nitrogens with one attached hydrogen (secondary N) is 1. The molecule has 16 heavy (non-hydrogen) atoms. The number of hydrogen-bond acceptors (Lipinski definition) is 2. The van der Waals surface area contributed by atoms with Gasteiger partial charge in [0.2, 0.25) is 10.0 Å². The average Bonchev–Trinajstić information content (AvgIpc) is 2.21. The molecule has 0 aliphatic rings. The Morgan fingerprint density at radius 2 is 2.12 bits per heavy atom. The third kappa shape index (κ3) is 3.54. The maximum atomic E-state index is 13.3. The maximum Gasteiger partial charge on any atom is 0.222 e. The molecule has 0 aromatic heterocycles. The van der Waals surface area contributed by atoms with Gasteiger partial charge in [0.05, 0.1) is 0 Å². The fourth-order valence-corrected chi connectivity index (χ4v) is 2.38. The van der Waals surface area contributed by atoms with E-state index in [9.17, 15) is 12.8 Å². The monoisotopic (exact) mass is 309 g/mol. The SMILES string of the molecule is Cc1ccc(C(C)NS(=O)(=O)CBr)cc1F. The fourth-order valence-electron chi connectivity index (χ4n) is 1.25. The van der Waals surface area contributed by atoms with Crippen LogP contribution in [-0.2, 0) is 10.0 Å². The highest BCUT2D eigenvalue weighted by Crippen LogP contribution is 2.17. The van der Waals surface area contributed by atoms with E-state index in [-0.39, 0.29) is 10.5 Å². The Labute approximate surface area is 103 Å². The number of halogens is 2. The Bertz CT molecular complexity index is 476. The molecule has 0 saturated carbocycles. The van der Waals surface area contributed by atoms with E-state index >= 15 is 0 Å². The summed E-state index contributed by atoms with van der Waals surface area (Å²) in [7, 11) is -3.35. The van der Waals surface area contributed by atoms with E-state index < -0.39 is 16.1 Å². The molecule has 0 fully saturated rings. The molecule has 0 bridgehead atoms. The summed E-state index contributed by atoms with van der Waals surface area (Å²) in [5.41, 5.74) is 1.15. The first kappa shape index (κ1) is 13.6. The summed E-state index contributed by atoms with van der Waals surface area (Å²) in [6.45, 7) is 3.33. The van der Waals surface area contributed by atoms with Crippen molar-refractivity contribution in [2.45, 2.75) is 19.9 Å². The minimum absolute atomic E-state index is 0.168. The van der Waals surface area contributed by atoms with E-state index in [1.54, 1.807) is 26.0 Å². The lowest BCUT2D eigenvalue weighted by Crippen LogP contribution is -2.27. The van der Waals surface area contributed by atoms with Crippen LogP contribution in [0.25, 0.3) is 0 Å². The van der Waals surface area contributed by atoms with Crippen LogP contribution < -0.4 is 4.72 Å². The zero-order valence-corrected chi connectivity index (χ0v) is 11.4. The standard InChI is InChI=1S/C10H13BrFNO2S/c1-7-3-4-9(5-10(7)12)8(2)13-16(14,15)6-11/h3-5,8,13H,6H2,1-2H3. The van der Waals surface area contributed by atoms with E-state index in [2.05, 4.69) is 20.7 Å². The van der Waals surface area contributed by atoms with Crippen molar-refractivity contribution in [3.8, 4) is 0 Å². The minimum Gasteiger partial charge on any atom is -0.212 e. The first-order chi connectivity index (χ1) is 7.35. The second-order valence-electron chi connectivity index (χ2n) is 3.57. The molecular formula is C10H13BrFNO2S. The summed E-state index contributed by atoms with van der Waals surface area (Å²) in [6, 6.07) is 4.23. The van der Waals surface area contributed by atoms with Crippen LogP contribution in [0.4, 0.5) is 4.39 Å². The normalized spacial score (nSPS) is 13.8. The summed E-state index contributed by atoms with van der Waals surface area (Å²) in [4.78, 5) is 0. The van der Waals surface area contributed by atoms with Crippen LogP contribution in [-0.4, -0.2) is 13.1 Å². The van der Waals surface area contributed by atoms with Crippen molar-refractivity contribution in [2.75, 3.05) is 4.66 Å². The number of benzene rings is 1. The summed E-state index contributed by atoms with van der Waals surface area (Å²) in [5.74, 6) is -0.331. The van der Waals surface area contributed by atoms with Crippen LogP contribution in [0, 0.1) is 12.7 Å².